The van der Waals surface area contributed by atoms with Crippen LogP contribution in [0.1, 0.15) is 25.7 Å². The molecule has 1 saturated carbocycles. The molecule has 1 aromatic rings. The number of hydrogen-bond acceptors (Lipinski definition) is 2. The van der Waals surface area contributed by atoms with Crippen LogP contribution in [0.4, 0.5) is 0 Å². The van der Waals surface area contributed by atoms with Gasteiger partial charge < -0.3 is 0 Å². The van der Waals surface area contributed by atoms with Crippen molar-refractivity contribution in [1.29, 1.82) is 0 Å². The zero-order chi connectivity index (χ0) is 11.2. The molecule has 0 spiro atoms. The van der Waals surface area contributed by atoms with E-state index < -0.39 is 0 Å². The van der Waals surface area contributed by atoms with E-state index in [2.05, 4.69) is 25.9 Å². The average Bonchev–Trinajstić information content (AvgIpc) is 2.72. The van der Waals surface area contributed by atoms with E-state index >= 15 is 0 Å². The van der Waals surface area contributed by atoms with Crippen LogP contribution in [0.15, 0.2) is 18.5 Å². The molecule has 0 aromatic carbocycles. The second-order valence-corrected chi connectivity index (χ2v) is 5.23. The molecule has 0 bridgehead atoms. The zero-order valence-electron chi connectivity index (χ0n) is 9.69. The molecule has 1 heterocycles. The van der Waals surface area contributed by atoms with Crippen molar-refractivity contribution >= 4 is 15.9 Å². The number of aromatic nitrogens is 2. The lowest BCUT2D eigenvalue weighted by atomic mass is 9.91. The molecule has 90 valence electrons. The summed E-state index contributed by atoms with van der Waals surface area (Å²) in [6.45, 7) is 3.38. The van der Waals surface area contributed by atoms with Crippen LogP contribution in [0.25, 0.3) is 0 Å². The molecule has 1 aliphatic rings. The van der Waals surface area contributed by atoms with Crippen molar-refractivity contribution in [2.75, 3.05) is 18.4 Å². The summed E-state index contributed by atoms with van der Waals surface area (Å²) in [5.41, 5.74) is 0. The third-order valence-electron chi connectivity index (χ3n) is 3.35. The second-order valence-electron chi connectivity index (χ2n) is 4.43. The van der Waals surface area contributed by atoms with E-state index in [1.807, 2.05) is 23.1 Å². The molecule has 4 heteroatoms. The minimum Gasteiger partial charge on any atom is -0.299 e. The largest absolute Gasteiger partial charge is 0.299 e. The maximum atomic E-state index is 4.25. The van der Waals surface area contributed by atoms with E-state index in [4.69, 9.17) is 0 Å². The lowest BCUT2D eigenvalue weighted by molar-refractivity contribution is 0.122. The van der Waals surface area contributed by atoms with Gasteiger partial charge in [-0.2, -0.15) is 5.10 Å². The standard InChI is InChI=1S/C12H20BrN3/c13-6-2-8-15(12-4-1-5-12)10-11-16-9-3-7-14-16/h3,7,9,12H,1-2,4-6,8,10-11H2. The van der Waals surface area contributed by atoms with Crippen LogP contribution in [0.3, 0.4) is 0 Å². The lowest BCUT2D eigenvalue weighted by Crippen LogP contribution is -2.42. The Balaban J connectivity index is 1.76. The molecule has 1 aliphatic carbocycles. The summed E-state index contributed by atoms with van der Waals surface area (Å²) in [5, 5.41) is 5.36. The van der Waals surface area contributed by atoms with Gasteiger partial charge in [0.25, 0.3) is 0 Å². The number of rotatable bonds is 7. The van der Waals surface area contributed by atoms with Gasteiger partial charge in [0.15, 0.2) is 0 Å². The van der Waals surface area contributed by atoms with Crippen molar-refractivity contribution in [2.45, 2.75) is 38.3 Å². The highest BCUT2D eigenvalue weighted by Crippen LogP contribution is 2.24. The fourth-order valence-corrected chi connectivity index (χ4v) is 2.41. The molecule has 1 aromatic heterocycles. The molecule has 0 atom stereocenters. The fourth-order valence-electron chi connectivity index (χ4n) is 2.16. The van der Waals surface area contributed by atoms with E-state index in [0.717, 1.165) is 24.5 Å². The summed E-state index contributed by atoms with van der Waals surface area (Å²) >= 11 is 3.51. The van der Waals surface area contributed by atoms with Gasteiger partial charge in [0, 0.05) is 30.3 Å². The summed E-state index contributed by atoms with van der Waals surface area (Å²) in [4.78, 5) is 2.63. The Morgan fingerprint density at radius 1 is 1.38 bits per heavy atom. The highest BCUT2D eigenvalue weighted by atomic mass is 79.9. The summed E-state index contributed by atoms with van der Waals surface area (Å²) in [6, 6.07) is 2.83. The van der Waals surface area contributed by atoms with Crippen LogP contribution in [-0.4, -0.2) is 39.1 Å². The van der Waals surface area contributed by atoms with Crippen LogP contribution >= 0.6 is 15.9 Å². The van der Waals surface area contributed by atoms with Crippen LogP contribution < -0.4 is 0 Å². The van der Waals surface area contributed by atoms with Gasteiger partial charge in [0.2, 0.25) is 0 Å². The third kappa shape index (κ3) is 3.32. The van der Waals surface area contributed by atoms with Crippen molar-refractivity contribution < 1.29 is 0 Å². The first kappa shape index (κ1) is 12.1. The highest BCUT2D eigenvalue weighted by molar-refractivity contribution is 9.09. The lowest BCUT2D eigenvalue weighted by Gasteiger charge is -2.37. The molecule has 0 radical (unpaired) electrons. The maximum absolute atomic E-state index is 4.25. The number of alkyl halides is 1. The van der Waals surface area contributed by atoms with Crippen molar-refractivity contribution in [3.8, 4) is 0 Å². The predicted octanol–water partition coefficient (Wildman–Crippen LogP) is 2.52. The molecule has 0 unspecified atom stereocenters. The van der Waals surface area contributed by atoms with Crippen molar-refractivity contribution in [1.82, 2.24) is 14.7 Å². The second kappa shape index (κ2) is 6.40. The van der Waals surface area contributed by atoms with Crippen molar-refractivity contribution in [2.24, 2.45) is 0 Å². The molecule has 0 saturated heterocycles. The van der Waals surface area contributed by atoms with E-state index in [1.165, 1.54) is 32.2 Å². The van der Waals surface area contributed by atoms with E-state index in [1.54, 1.807) is 0 Å². The number of halogens is 1. The quantitative estimate of drug-likeness (QED) is 0.718. The Labute approximate surface area is 106 Å². The Bertz CT molecular complexity index is 282. The molecular weight excluding hydrogens is 266 g/mol. The zero-order valence-corrected chi connectivity index (χ0v) is 11.3. The SMILES string of the molecule is BrCCCN(CCn1cccn1)C1CCC1. The predicted molar refractivity (Wildman–Crippen MR) is 69.9 cm³/mol. The van der Waals surface area contributed by atoms with E-state index in [9.17, 15) is 0 Å². The Morgan fingerprint density at radius 3 is 2.81 bits per heavy atom. The highest BCUT2D eigenvalue weighted by Gasteiger charge is 2.23. The molecule has 3 nitrogen and oxygen atoms in total. The first-order valence-electron chi connectivity index (χ1n) is 6.17. The van der Waals surface area contributed by atoms with Crippen molar-refractivity contribution in [3.05, 3.63) is 18.5 Å². The van der Waals surface area contributed by atoms with E-state index in [0.29, 0.717) is 0 Å². The normalized spacial score (nSPS) is 16.6. The fraction of sp³-hybridized carbons (Fsp3) is 0.750. The molecule has 0 aliphatic heterocycles. The summed E-state index contributed by atoms with van der Waals surface area (Å²) in [7, 11) is 0. The van der Waals surface area contributed by atoms with Gasteiger partial charge in [-0.25, -0.2) is 0 Å². The first-order chi connectivity index (χ1) is 7.90. The van der Waals surface area contributed by atoms with Crippen LogP contribution in [0, 0.1) is 0 Å². The topological polar surface area (TPSA) is 21.1 Å². The van der Waals surface area contributed by atoms with Gasteiger partial charge in [-0.15, -0.1) is 0 Å². The van der Waals surface area contributed by atoms with Crippen LogP contribution in [0.5, 0.6) is 0 Å². The monoisotopic (exact) mass is 285 g/mol. The summed E-state index contributed by atoms with van der Waals surface area (Å²) in [6.07, 6.45) is 9.34. The van der Waals surface area contributed by atoms with Crippen LogP contribution in [0.2, 0.25) is 0 Å². The Hall–Kier alpha value is -0.350. The smallest absolute Gasteiger partial charge is 0.0536 e. The average molecular weight is 286 g/mol. The van der Waals surface area contributed by atoms with Crippen molar-refractivity contribution in [3.63, 3.8) is 0 Å². The molecule has 2 rings (SSSR count). The van der Waals surface area contributed by atoms with Gasteiger partial charge in [-0.05, 0) is 31.9 Å². The van der Waals surface area contributed by atoms with Gasteiger partial charge >= 0.3 is 0 Å². The van der Waals surface area contributed by atoms with Crippen LogP contribution in [-0.2, 0) is 6.54 Å². The summed E-state index contributed by atoms with van der Waals surface area (Å²) in [5.74, 6) is 0. The molecular formula is C12H20BrN3. The summed E-state index contributed by atoms with van der Waals surface area (Å²) < 4.78 is 2.03. The van der Waals surface area contributed by atoms with Gasteiger partial charge in [-0.3, -0.25) is 9.58 Å². The Kier molecular flexibility index (Phi) is 4.85. The molecule has 0 N–H and O–H groups in total. The number of hydrogen-bond donors (Lipinski definition) is 0. The molecule has 0 amide bonds. The minimum absolute atomic E-state index is 0.842. The van der Waals surface area contributed by atoms with Gasteiger partial charge in [0.05, 0.1) is 6.54 Å². The molecule has 16 heavy (non-hydrogen) atoms. The number of nitrogens with zero attached hydrogens (tertiary/aromatic N) is 3. The maximum Gasteiger partial charge on any atom is 0.0536 e. The van der Waals surface area contributed by atoms with E-state index in [-0.39, 0.29) is 0 Å². The third-order valence-corrected chi connectivity index (χ3v) is 3.91. The first-order valence-corrected chi connectivity index (χ1v) is 7.30. The van der Waals surface area contributed by atoms with Gasteiger partial charge in [-0.1, -0.05) is 22.4 Å². The molecule has 1 fully saturated rings. The Morgan fingerprint density at radius 2 is 2.25 bits per heavy atom. The minimum atomic E-state index is 0.842. The van der Waals surface area contributed by atoms with Gasteiger partial charge in [0.1, 0.15) is 0 Å².